The number of nitrogens with zero attached hydrogens (tertiary/aromatic N) is 1. The predicted octanol–water partition coefficient (Wildman–Crippen LogP) is 2.38. The molecule has 0 bridgehead atoms. The van der Waals surface area contributed by atoms with Crippen LogP contribution < -0.4 is 20.5 Å². The highest BCUT2D eigenvalue weighted by Crippen LogP contribution is 2.40. The first kappa shape index (κ1) is 14.0. The maximum absolute atomic E-state index is 5.83. The van der Waals surface area contributed by atoms with Gasteiger partial charge in [-0.1, -0.05) is 0 Å². The molecule has 0 aliphatic carbocycles. The van der Waals surface area contributed by atoms with E-state index in [1.807, 2.05) is 32.9 Å². The Morgan fingerprint density at radius 3 is 2.84 bits per heavy atom. The van der Waals surface area contributed by atoms with Crippen LogP contribution >= 0.6 is 15.9 Å². The summed E-state index contributed by atoms with van der Waals surface area (Å²) in [7, 11) is 0. The monoisotopic (exact) mass is 327 g/mol. The lowest BCUT2D eigenvalue weighted by molar-refractivity contribution is 0.173. The standard InChI is InChI=1S/C13H18BrN3O2/c1-13(2,3)17-12(15)16-6-8-4-9(14)11-10(5-8)18-7-19-11/h4-5H,6-7H2,1-3H3,(H3,15,16,17). The molecule has 6 heteroatoms. The van der Waals surface area contributed by atoms with E-state index >= 15 is 0 Å². The molecule has 3 N–H and O–H groups in total. The maximum Gasteiger partial charge on any atom is 0.231 e. The zero-order chi connectivity index (χ0) is 14.0. The number of ether oxygens (including phenoxy) is 2. The highest BCUT2D eigenvalue weighted by Gasteiger charge is 2.17. The molecular weight excluding hydrogens is 310 g/mol. The number of fused-ring (bicyclic) bond motifs is 1. The Labute approximate surface area is 121 Å². The molecule has 0 saturated carbocycles. The van der Waals surface area contributed by atoms with E-state index in [-0.39, 0.29) is 12.3 Å². The van der Waals surface area contributed by atoms with Gasteiger partial charge in [-0.25, -0.2) is 4.99 Å². The van der Waals surface area contributed by atoms with E-state index in [0.29, 0.717) is 12.5 Å². The van der Waals surface area contributed by atoms with E-state index in [2.05, 4.69) is 26.2 Å². The number of hydrogen-bond donors (Lipinski definition) is 2. The van der Waals surface area contributed by atoms with Crippen molar-refractivity contribution in [2.45, 2.75) is 32.9 Å². The lowest BCUT2D eigenvalue weighted by Crippen LogP contribution is -2.44. The van der Waals surface area contributed by atoms with Crippen molar-refractivity contribution in [3.63, 3.8) is 0 Å². The van der Waals surface area contributed by atoms with Crippen molar-refractivity contribution in [1.82, 2.24) is 5.32 Å². The average molecular weight is 328 g/mol. The molecule has 0 spiro atoms. The molecule has 19 heavy (non-hydrogen) atoms. The van der Waals surface area contributed by atoms with Gasteiger partial charge >= 0.3 is 0 Å². The van der Waals surface area contributed by atoms with Crippen LogP contribution in [0.25, 0.3) is 0 Å². The van der Waals surface area contributed by atoms with Gasteiger partial charge in [0.25, 0.3) is 0 Å². The molecule has 0 unspecified atom stereocenters. The third-order valence-electron chi connectivity index (χ3n) is 2.42. The Morgan fingerprint density at radius 2 is 2.16 bits per heavy atom. The van der Waals surface area contributed by atoms with Gasteiger partial charge in [0.05, 0.1) is 11.0 Å². The summed E-state index contributed by atoms with van der Waals surface area (Å²) in [6.07, 6.45) is 0. The van der Waals surface area contributed by atoms with Crippen molar-refractivity contribution < 1.29 is 9.47 Å². The average Bonchev–Trinajstić information content (AvgIpc) is 2.72. The van der Waals surface area contributed by atoms with Gasteiger partial charge in [0, 0.05) is 5.54 Å². The fourth-order valence-electron chi connectivity index (χ4n) is 1.71. The quantitative estimate of drug-likeness (QED) is 0.646. The van der Waals surface area contributed by atoms with E-state index in [9.17, 15) is 0 Å². The van der Waals surface area contributed by atoms with E-state index in [4.69, 9.17) is 15.2 Å². The van der Waals surface area contributed by atoms with E-state index < -0.39 is 0 Å². The third-order valence-corrected chi connectivity index (χ3v) is 3.01. The number of halogens is 1. The molecule has 1 aliphatic heterocycles. The normalized spacial score (nSPS) is 14.6. The summed E-state index contributed by atoms with van der Waals surface area (Å²) in [6.45, 7) is 6.85. The van der Waals surface area contributed by atoms with Crippen LogP contribution in [0, 0.1) is 0 Å². The molecule has 5 nitrogen and oxygen atoms in total. The van der Waals surface area contributed by atoms with Crippen LogP contribution in [0.15, 0.2) is 21.6 Å². The Hall–Kier alpha value is -1.43. The molecular formula is C13H18BrN3O2. The molecule has 0 saturated heterocycles. The minimum atomic E-state index is -0.0942. The highest BCUT2D eigenvalue weighted by molar-refractivity contribution is 9.10. The maximum atomic E-state index is 5.83. The summed E-state index contributed by atoms with van der Waals surface area (Å²) in [5.74, 6) is 1.91. The van der Waals surface area contributed by atoms with Crippen LogP contribution in [-0.4, -0.2) is 18.3 Å². The van der Waals surface area contributed by atoms with Gasteiger partial charge in [0.1, 0.15) is 0 Å². The van der Waals surface area contributed by atoms with E-state index in [1.54, 1.807) is 0 Å². The molecule has 1 aromatic carbocycles. The summed E-state index contributed by atoms with van der Waals surface area (Å²) < 4.78 is 11.6. The molecule has 0 radical (unpaired) electrons. The molecule has 0 aromatic heterocycles. The molecule has 104 valence electrons. The Balaban J connectivity index is 2.08. The first-order valence-corrected chi connectivity index (χ1v) is 6.80. The molecule has 1 heterocycles. The van der Waals surface area contributed by atoms with E-state index in [1.165, 1.54) is 0 Å². The fourth-order valence-corrected chi connectivity index (χ4v) is 2.32. The predicted molar refractivity (Wildman–Crippen MR) is 78.5 cm³/mol. The van der Waals surface area contributed by atoms with Crippen molar-refractivity contribution >= 4 is 21.9 Å². The van der Waals surface area contributed by atoms with Crippen LogP contribution in [0.5, 0.6) is 11.5 Å². The Kier molecular flexibility index (Phi) is 3.89. The van der Waals surface area contributed by atoms with Crippen molar-refractivity contribution in [3.8, 4) is 11.5 Å². The summed E-state index contributed by atoms with van der Waals surface area (Å²) in [5, 5.41) is 3.12. The first-order valence-electron chi connectivity index (χ1n) is 6.01. The topological polar surface area (TPSA) is 68.9 Å². The van der Waals surface area contributed by atoms with Gasteiger partial charge in [0.2, 0.25) is 6.79 Å². The van der Waals surface area contributed by atoms with Gasteiger partial charge in [-0.05, 0) is 54.4 Å². The Bertz CT molecular complexity index is 509. The summed E-state index contributed by atoms with van der Waals surface area (Å²) in [4.78, 5) is 4.31. The number of hydrogen-bond acceptors (Lipinski definition) is 3. The number of rotatable bonds is 2. The molecule has 1 aromatic rings. The number of guanidine groups is 1. The summed E-state index contributed by atoms with van der Waals surface area (Å²) in [6, 6.07) is 3.88. The van der Waals surface area contributed by atoms with Gasteiger partial charge < -0.3 is 20.5 Å². The van der Waals surface area contributed by atoms with Gasteiger partial charge in [-0.3, -0.25) is 0 Å². The molecule has 0 amide bonds. The molecule has 2 rings (SSSR count). The van der Waals surface area contributed by atoms with Crippen molar-refractivity contribution in [2.24, 2.45) is 10.7 Å². The zero-order valence-electron chi connectivity index (χ0n) is 11.3. The van der Waals surface area contributed by atoms with Crippen molar-refractivity contribution in [3.05, 3.63) is 22.2 Å². The van der Waals surface area contributed by atoms with Gasteiger partial charge in [-0.2, -0.15) is 0 Å². The SMILES string of the molecule is CC(C)(C)NC(N)=NCc1cc(Br)c2c(c1)OCO2. The molecule has 1 aliphatic rings. The van der Waals surface area contributed by atoms with Crippen molar-refractivity contribution in [1.29, 1.82) is 0 Å². The molecule has 0 fully saturated rings. The fraction of sp³-hybridized carbons (Fsp3) is 0.462. The zero-order valence-corrected chi connectivity index (χ0v) is 12.9. The number of benzene rings is 1. The smallest absolute Gasteiger partial charge is 0.231 e. The number of nitrogens with two attached hydrogens (primary N) is 1. The van der Waals surface area contributed by atoms with Gasteiger partial charge in [-0.15, -0.1) is 0 Å². The number of nitrogens with one attached hydrogen (secondary N) is 1. The third kappa shape index (κ3) is 3.76. The first-order chi connectivity index (χ1) is 8.85. The minimum absolute atomic E-state index is 0.0942. The highest BCUT2D eigenvalue weighted by atomic mass is 79.9. The van der Waals surface area contributed by atoms with Crippen LogP contribution in [0.1, 0.15) is 26.3 Å². The summed E-state index contributed by atoms with van der Waals surface area (Å²) in [5.41, 5.74) is 6.74. The minimum Gasteiger partial charge on any atom is -0.454 e. The molecule has 0 atom stereocenters. The summed E-state index contributed by atoms with van der Waals surface area (Å²) >= 11 is 3.45. The largest absolute Gasteiger partial charge is 0.454 e. The van der Waals surface area contributed by atoms with Gasteiger partial charge in [0.15, 0.2) is 17.5 Å². The van der Waals surface area contributed by atoms with Crippen LogP contribution in [0.4, 0.5) is 0 Å². The second-order valence-electron chi connectivity index (χ2n) is 5.39. The Morgan fingerprint density at radius 1 is 1.42 bits per heavy atom. The second-order valence-corrected chi connectivity index (χ2v) is 6.24. The lowest BCUT2D eigenvalue weighted by atomic mass is 10.1. The van der Waals surface area contributed by atoms with Crippen LogP contribution in [0.3, 0.4) is 0 Å². The van der Waals surface area contributed by atoms with E-state index in [0.717, 1.165) is 21.5 Å². The van der Waals surface area contributed by atoms with Crippen LogP contribution in [-0.2, 0) is 6.54 Å². The lowest BCUT2D eigenvalue weighted by Gasteiger charge is -2.21. The number of aliphatic imine (C=N–C) groups is 1. The van der Waals surface area contributed by atoms with Crippen LogP contribution in [0.2, 0.25) is 0 Å². The van der Waals surface area contributed by atoms with Crippen molar-refractivity contribution in [2.75, 3.05) is 6.79 Å². The second kappa shape index (κ2) is 5.28.